The van der Waals surface area contributed by atoms with Gasteiger partial charge < -0.3 is 18.9 Å². The van der Waals surface area contributed by atoms with Crippen LogP contribution in [0.15, 0.2) is 11.9 Å². The van der Waals surface area contributed by atoms with Gasteiger partial charge in [0, 0.05) is 6.42 Å². The highest BCUT2D eigenvalue weighted by atomic mass is 32.2. The number of rotatable bonds is 20. The summed E-state index contributed by atoms with van der Waals surface area (Å²) in [7, 11) is -4.50. The Kier molecular flexibility index (Phi) is 15.9. The summed E-state index contributed by atoms with van der Waals surface area (Å²) < 4.78 is 55.9. The summed E-state index contributed by atoms with van der Waals surface area (Å²) in [5.74, 6) is -0.173. The molecule has 0 aromatic heterocycles. The number of hydrogen-bond acceptors (Lipinski definition) is 6. The van der Waals surface area contributed by atoms with Crippen LogP contribution >= 0.6 is 0 Å². The van der Waals surface area contributed by atoms with Crippen molar-refractivity contribution in [2.24, 2.45) is 0 Å². The van der Waals surface area contributed by atoms with E-state index in [1.807, 2.05) is 0 Å². The Balaban J connectivity index is 4.81. The van der Waals surface area contributed by atoms with Crippen LogP contribution < -0.4 is 0 Å². The van der Waals surface area contributed by atoms with Gasteiger partial charge in [0.25, 0.3) is 0 Å². The summed E-state index contributed by atoms with van der Waals surface area (Å²) in [6, 6.07) is 0. The molecule has 0 amide bonds. The molecule has 30 heavy (non-hydrogen) atoms. The van der Waals surface area contributed by atoms with Gasteiger partial charge in [-0.3, -0.25) is 4.55 Å². The van der Waals surface area contributed by atoms with Gasteiger partial charge in [-0.2, -0.15) is 8.42 Å². The van der Waals surface area contributed by atoms with Crippen LogP contribution in [-0.4, -0.2) is 37.7 Å². The molecular weight excluding hydrogens is 408 g/mol. The topological polar surface area (TPSA) is 91.3 Å². The predicted octanol–water partition coefficient (Wildman–Crippen LogP) is 6.15. The first kappa shape index (κ1) is 28.9. The molecule has 0 rings (SSSR count). The second-order valence-electron chi connectivity index (χ2n) is 7.52. The fraction of sp³-hybridized carbons (Fsp3) is 0.909. The zero-order valence-electron chi connectivity index (χ0n) is 19.7. The molecule has 180 valence electrons. The molecule has 0 aromatic rings. The van der Waals surface area contributed by atoms with Crippen LogP contribution in [0, 0.1) is 0 Å². The Morgan fingerprint density at radius 3 is 1.50 bits per heavy atom. The maximum absolute atomic E-state index is 12.1. The quantitative estimate of drug-likeness (QED) is 0.134. The van der Waals surface area contributed by atoms with Crippen molar-refractivity contribution in [1.29, 1.82) is 0 Å². The summed E-state index contributed by atoms with van der Waals surface area (Å²) in [6.45, 7) is 9.69. The van der Waals surface area contributed by atoms with Crippen LogP contribution in [-0.2, 0) is 29.1 Å². The van der Waals surface area contributed by atoms with E-state index in [0.717, 1.165) is 19.3 Å². The molecule has 0 aliphatic heterocycles. The molecule has 0 saturated carbocycles. The first-order chi connectivity index (χ1) is 14.3. The SMILES string of the molecule is CCCCCCCCCCCCC(C)(OC(OCC)=C(OCC)OCC)S(=O)(=O)O. The molecule has 8 heteroatoms. The molecule has 0 radical (unpaired) electrons. The van der Waals surface area contributed by atoms with E-state index in [-0.39, 0.29) is 24.9 Å². The molecule has 0 heterocycles. The Labute approximate surface area is 184 Å². The first-order valence-corrected chi connectivity index (χ1v) is 13.0. The van der Waals surface area contributed by atoms with E-state index in [1.165, 1.54) is 45.4 Å². The molecular formula is C22H44O7S. The van der Waals surface area contributed by atoms with Crippen LogP contribution in [0.3, 0.4) is 0 Å². The third-order valence-electron chi connectivity index (χ3n) is 4.83. The molecule has 0 aliphatic rings. The number of unbranched alkanes of at least 4 members (excludes halogenated alkanes) is 9. The van der Waals surface area contributed by atoms with Crippen LogP contribution in [0.1, 0.15) is 105 Å². The average molecular weight is 453 g/mol. The van der Waals surface area contributed by atoms with Crippen molar-refractivity contribution in [3.8, 4) is 0 Å². The third-order valence-corrected chi connectivity index (χ3v) is 6.21. The minimum atomic E-state index is -4.50. The lowest BCUT2D eigenvalue weighted by molar-refractivity contribution is -0.0729. The van der Waals surface area contributed by atoms with Crippen LogP contribution in [0.25, 0.3) is 0 Å². The Morgan fingerprint density at radius 2 is 1.10 bits per heavy atom. The molecule has 0 saturated heterocycles. The van der Waals surface area contributed by atoms with Gasteiger partial charge in [0.05, 0.1) is 19.8 Å². The molecule has 0 fully saturated rings. The highest BCUT2D eigenvalue weighted by Crippen LogP contribution is 2.30. The Hall–Kier alpha value is -1.15. The summed E-state index contributed by atoms with van der Waals surface area (Å²) in [6.07, 6.45) is 11.4. The first-order valence-electron chi connectivity index (χ1n) is 11.5. The van der Waals surface area contributed by atoms with Gasteiger partial charge in [-0.1, -0.05) is 64.7 Å². The van der Waals surface area contributed by atoms with Crippen LogP contribution in [0.4, 0.5) is 0 Å². The van der Waals surface area contributed by atoms with Crippen molar-refractivity contribution >= 4 is 10.1 Å². The molecule has 0 aromatic carbocycles. The second kappa shape index (κ2) is 16.5. The van der Waals surface area contributed by atoms with Crippen molar-refractivity contribution in [3.05, 3.63) is 11.9 Å². The molecule has 0 bridgehead atoms. The lowest BCUT2D eigenvalue weighted by atomic mass is 10.0. The van der Waals surface area contributed by atoms with Crippen molar-refractivity contribution in [3.63, 3.8) is 0 Å². The average Bonchev–Trinajstić information content (AvgIpc) is 2.68. The van der Waals surface area contributed by atoms with E-state index in [2.05, 4.69) is 6.92 Å². The standard InChI is InChI=1S/C22H44O7S/c1-6-10-11-12-13-14-15-16-17-18-19-22(5,30(23,24)25)29-21(28-9-4)20(26-7-2)27-8-3/h6-19H2,1-5H3,(H,23,24,25). The molecule has 1 unspecified atom stereocenters. The highest BCUT2D eigenvalue weighted by molar-refractivity contribution is 7.87. The predicted molar refractivity (Wildman–Crippen MR) is 119 cm³/mol. The highest BCUT2D eigenvalue weighted by Gasteiger charge is 2.42. The van der Waals surface area contributed by atoms with Crippen molar-refractivity contribution < 1.29 is 31.9 Å². The summed E-state index contributed by atoms with van der Waals surface area (Å²) in [5.41, 5.74) is 0. The van der Waals surface area contributed by atoms with E-state index < -0.39 is 15.1 Å². The maximum Gasteiger partial charge on any atom is 0.365 e. The number of hydrogen-bond donors (Lipinski definition) is 1. The molecule has 1 atom stereocenters. The third kappa shape index (κ3) is 11.9. The monoisotopic (exact) mass is 452 g/mol. The van der Waals surface area contributed by atoms with Gasteiger partial charge in [0.2, 0.25) is 4.93 Å². The fourth-order valence-corrected chi connectivity index (χ4v) is 3.63. The minimum Gasteiger partial charge on any atom is -0.461 e. The van der Waals surface area contributed by atoms with Crippen molar-refractivity contribution in [2.75, 3.05) is 19.8 Å². The number of ether oxygens (including phenoxy) is 4. The van der Waals surface area contributed by atoms with Gasteiger partial charge in [-0.05, 0) is 34.1 Å². The normalized spacial score (nSPS) is 13.4. The van der Waals surface area contributed by atoms with E-state index in [0.29, 0.717) is 19.6 Å². The zero-order chi connectivity index (χ0) is 22.9. The van der Waals surface area contributed by atoms with Crippen LogP contribution in [0.2, 0.25) is 0 Å². The van der Waals surface area contributed by atoms with Crippen molar-refractivity contribution in [2.45, 2.75) is 110 Å². The lowest BCUT2D eigenvalue weighted by Gasteiger charge is -2.28. The zero-order valence-corrected chi connectivity index (χ0v) is 20.5. The van der Waals surface area contributed by atoms with Crippen molar-refractivity contribution in [1.82, 2.24) is 0 Å². The van der Waals surface area contributed by atoms with E-state index in [1.54, 1.807) is 20.8 Å². The maximum atomic E-state index is 12.1. The van der Waals surface area contributed by atoms with E-state index in [9.17, 15) is 13.0 Å². The summed E-state index contributed by atoms with van der Waals surface area (Å²) >= 11 is 0. The van der Waals surface area contributed by atoms with Gasteiger partial charge in [-0.15, -0.1) is 0 Å². The van der Waals surface area contributed by atoms with E-state index in [4.69, 9.17) is 18.9 Å². The molecule has 0 spiro atoms. The largest absolute Gasteiger partial charge is 0.461 e. The van der Waals surface area contributed by atoms with Gasteiger partial charge in [-0.25, -0.2) is 0 Å². The summed E-state index contributed by atoms with van der Waals surface area (Å²) in [5, 5.41) is 0. The second-order valence-corrected chi connectivity index (χ2v) is 9.33. The smallest absolute Gasteiger partial charge is 0.365 e. The molecule has 1 N–H and O–H groups in total. The summed E-state index contributed by atoms with van der Waals surface area (Å²) in [4.78, 5) is -1.84. The lowest BCUT2D eigenvalue weighted by Crippen LogP contribution is -2.38. The van der Waals surface area contributed by atoms with Gasteiger partial charge in [0.1, 0.15) is 0 Å². The molecule has 0 aliphatic carbocycles. The van der Waals surface area contributed by atoms with Gasteiger partial charge >= 0.3 is 22.0 Å². The molecule has 7 nitrogen and oxygen atoms in total. The Bertz CT molecular complexity index is 552. The Morgan fingerprint density at radius 1 is 0.700 bits per heavy atom. The minimum absolute atomic E-state index is 0.0141. The van der Waals surface area contributed by atoms with E-state index >= 15 is 0 Å². The van der Waals surface area contributed by atoms with Gasteiger partial charge in [0.15, 0.2) is 0 Å². The van der Waals surface area contributed by atoms with Crippen LogP contribution in [0.5, 0.6) is 0 Å². The fourth-order valence-electron chi connectivity index (χ4n) is 3.05.